The van der Waals surface area contributed by atoms with E-state index in [9.17, 15) is 4.79 Å². The summed E-state index contributed by atoms with van der Waals surface area (Å²) in [4.78, 5) is 11.4. The Bertz CT molecular complexity index is 1430. The minimum Gasteiger partial charge on any atom is -0.366 e. The first-order valence-corrected chi connectivity index (χ1v) is 9.94. The molecule has 0 aliphatic carbocycles. The molecule has 0 unspecified atom stereocenters. The zero-order chi connectivity index (χ0) is 21.4. The number of rotatable bonds is 4. The smallest absolute Gasteiger partial charge is 0.248 e. The van der Waals surface area contributed by atoms with Crippen molar-refractivity contribution in [3.05, 3.63) is 95.8 Å². The second-order valence-corrected chi connectivity index (χ2v) is 7.47. The van der Waals surface area contributed by atoms with E-state index in [1.165, 1.54) is 0 Å². The van der Waals surface area contributed by atoms with Crippen molar-refractivity contribution in [1.82, 2.24) is 20.0 Å². The molecule has 0 aliphatic rings. The number of benzene rings is 3. The number of hydrogen-bond donors (Lipinski definition) is 1. The van der Waals surface area contributed by atoms with Gasteiger partial charge in [-0.05, 0) is 30.3 Å². The molecule has 6 nitrogen and oxygen atoms in total. The average molecular weight is 426 g/mol. The van der Waals surface area contributed by atoms with Crippen LogP contribution in [0.25, 0.3) is 39.0 Å². The van der Waals surface area contributed by atoms with E-state index in [0.717, 1.165) is 39.0 Å². The molecule has 31 heavy (non-hydrogen) atoms. The molecule has 0 atom stereocenters. The van der Waals surface area contributed by atoms with E-state index >= 15 is 0 Å². The van der Waals surface area contributed by atoms with Crippen LogP contribution >= 0.6 is 11.6 Å². The van der Waals surface area contributed by atoms with Crippen LogP contribution in [0.3, 0.4) is 0 Å². The fraction of sp³-hybridized carbons (Fsp3) is 0. The summed E-state index contributed by atoms with van der Waals surface area (Å²) in [5.74, 6) is -0.463. The minimum absolute atomic E-state index is 0.450. The Morgan fingerprint density at radius 3 is 2.16 bits per heavy atom. The largest absolute Gasteiger partial charge is 0.366 e. The van der Waals surface area contributed by atoms with Gasteiger partial charge in [-0.25, -0.2) is 4.68 Å². The lowest BCUT2D eigenvalue weighted by molar-refractivity contribution is 0.100. The maximum absolute atomic E-state index is 11.4. The van der Waals surface area contributed by atoms with Gasteiger partial charge in [-0.3, -0.25) is 4.79 Å². The highest BCUT2D eigenvalue weighted by molar-refractivity contribution is 6.30. The van der Waals surface area contributed by atoms with Crippen LogP contribution in [-0.2, 0) is 0 Å². The lowest BCUT2D eigenvalue weighted by atomic mass is 10.0. The van der Waals surface area contributed by atoms with Crippen molar-refractivity contribution in [3.8, 4) is 28.2 Å². The molecule has 0 aliphatic heterocycles. The first kappa shape index (κ1) is 19.0. The van der Waals surface area contributed by atoms with E-state index in [-0.39, 0.29) is 0 Å². The highest BCUT2D eigenvalue weighted by Gasteiger charge is 2.14. The third-order valence-electron chi connectivity index (χ3n) is 5.06. The average Bonchev–Trinajstić information content (AvgIpc) is 3.28. The van der Waals surface area contributed by atoms with Crippen molar-refractivity contribution in [1.29, 1.82) is 0 Å². The highest BCUT2D eigenvalue weighted by atomic mass is 35.5. The van der Waals surface area contributed by atoms with Crippen molar-refractivity contribution in [3.63, 3.8) is 0 Å². The van der Waals surface area contributed by atoms with Crippen LogP contribution < -0.4 is 5.73 Å². The van der Waals surface area contributed by atoms with Crippen LogP contribution in [0.2, 0.25) is 5.02 Å². The predicted molar refractivity (Wildman–Crippen MR) is 121 cm³/mol. The van der Waals surface area contributed by atoms with Gasteiger partial charge in [-0.2, -0.15) is 5.10 Å². The maximum Gasteiger partial charge on any atom is 0.248 e. The molecular weight excluding hydrogens is 410 g/mol. The van der Waals surface area contributed by atoms with Crippen molar-refractivity contribution in [2.45, 2.75) is 0 Å². The molecule has 2 heterocycles. The highest BCUT2D eigenvalue weighted by Crippen LogP contribution is 2.32. The molecule has 0 saturated heterocycles. The number of primary amides is 1. The third kappa shape index (κ3) is 3.53. The number of hydrogen-bond acceptors (Lipinski definition) is 4. The molecular formula is C24H16ClN5O. The Hall–Kier alpha value is -4.03. The van der Waals surface area contributed by atoms with E-state index in [2.05, 4.69) is 15.3 Å². The Labute approximate surface area is 182 Å². The van der Waals surface area contributed by atoms with Crippen molar-refractivity contribution < 1.29 is 4.79 Å². The van der Waals surface area contributed by atoms with Gasteiger partial charge in [0.2, 0.25) is 5.91 Å². The summed E-state index contributed by atoms with van der Waals surface area (Å²) >= 11 is 6.11. The first-order chi connectivity index (χ1) is 15.1. The number of nitrogens with zero attached hydrogens (tertiary/aromatic N) is 4. The second-order valence-electron chi connectivity index (χ2n) is 7.04. The topological polar surface area (TPSA) is 86.7 Å². The molecule has 5 rings (SSSR count). The number of carbonyl (C=O) groups is 1. The van der Waals surface area contributed by atoms with Gasteiger partial charge in [-0.15, -0.1) is 10.2 Å². The molecule has 3 aromatic carbocycles. The van der Waals surface area contributed by atoms with Crippen LogP contribution in [0.4, 0.5) is 0 Å². The van der Waals surface area contributed by atoms with Crippen LogP contribution in [0.1, 0.15) is 10.4 Å². The molecule has 7 heteroatoms. The van der Waals surface area contributed by atoms with Crippen LogP contribution in [0, 0.1) is 0 Å². The summed E-state index contributed by atoms with van der Waals surface area (Å²) in [6.45, 7) is 0. The number of aromatic nitrogens is 4. The summed E-state index contributed by atoms with van der Waals surface area (Å²) in [6.07, 6.45) is 3.67. The molecule has 0 spiro atoms. The molecule has 0 fully saturated rings. The fourth-order valence-corrected chi connectivity index (χ4v) is 3.71. The third-order valence-corrected chi connectivity index (χ3v) is 5.29. The standard InChI is InChI=1S/C24H16ClN5O/c25-18-4-3-5-19(12-18)30-14-17(13-27-30)23-21-7-2-1-6-20(21)22(28-29-23)15-8-10-16(11-9-15)24(26)31/h1-14H,(H2,26,31). The van der Waals surface area contributed by atoms with E-state index in [1.54, 1.807) is 23.0 Å². The minimum atomic E-state index is -0.463. The molecule has 0 bridgehead atoms. The Kier molecular flexibility index (Phi) is 4.69. The van der Waals surface area contributed by atoms with Gasteiger partial charge >= 0.3 is 0 Å². The Morgan fingerprint density at radius 1 is 0.839 bits per heavy atom. The van der Waals surface area contributed by atoms with Gasteiger partial charge in [0.25, 0.3) is 0 Å². The van der Waals surface area contributed by atoms with Gasteiger partial charge < -0.3 is 5.73 Å². The van der Waals surface area contributed by atoms with Crippen LogP contribution in [0.15, 0.2) is 85.2 Å². The van der Waals surface area contributed by atoms with Gasteiger partial charge in [0.15, 0.2) is 0 Å². The molecule has 0 saturated carbocycles. The quantitative estimate of drug-likeness (QED) is 0.443. The lowest BCUT2D eigenvalue weighted by Gasteiger charge is -2.09. The van der Waals surface area contributed by atoms with Gasteiger partial charge in [0.1, 0.15) is 11.4 Å². The number of nitrogens with two attached hydrogens (primary N) is 1. The summed E-state index contributed by atoms with van der Waals surface area (Å²) in [7, 11) is 0. The van der Waals surface area contributed by atoms with E-state index in [0.29, 0.717) is 10.6 Å². The number of fused-ring (bicyclic) bond motifs is 1. The van der Waals surface area contributed by atoms with Gasteiger partial charge in [0.05, 0.1) is 11.9 Å². The normalized spacial score (nSPS) is 11.0. The fourth-order valence-electron chi connectivity index (χ4n) is 3.53. The lowest BCUT2D eigenvalue weighted by Crippen LogP contribution is -2.10. The van der Waals surface area contributed by atoms with E-state index in [1.807, 2.05) is 66.9 Å². The monoisotopic (exact) mass is 425 g/mol. The predicted octanol–water partition coefficient (Wildman–Crippen LogP) is 4.90. The second kappa shape index (κ2) is 7.66. The zero-order valence-corrected chi connectivity index (χ0v) is 17.0. The Balaban J connectivity index is 1.61. The maximum atomic E-state index is 11.4. The molecule has 1 amide bonds. The number of halogens is 1. The summed E-state index contributed by atoms with van der Waals surface area (Å²) in [5.41, 5.74) is 9.83. The Morgan fingerprint density at radius 2 is 1.52 bits per heavy atom. The van der Waals surface area contributed by atoms with E-state index < -0.39 is 5.91 Å². The molecule has 5 aromatic rings. The summed E-state index contributed by atoms with van der Waals surface area (Å²) in [5, 5.41) is 16.0. The van der Waals surface area contributed by atoms with Gasteiger partial charge in [-0.1, -0.05) is 54.1 Å². The van der Waals surface area contributed by atoms with Crippen molar-refractivity contribution >= 4 is 28.3 Å². The number of carbonyl (C=O) groups excluding carboxylic acids is 1. The molecule has 2 N–H and O–H groups in total. The number of amides is 1. The van der Waals surface area contributed by atoms with E-state index in [4.69, 9.17) is 17.3 Å². The molecule has 0 radical (unpaired) electrons. The zero-order valence-electron chi connectivity index (χ0n) is 16.2. The summed E-state index contributed by atoms with van der Waals surface area (Å²) < 4.78 is 1.76. The van der Waals surface area contributed by atoms with Crippen molar-refractivity contribution in [2.24, 2.45) is 5.73 Å². The van der Waals surface area contributed by atoms with Crippen LogP contribution in [0.5, 0.6) is 0 Å². The van der Waals surface area contributed by atoms with Crippen molar-refractivity contribution in [2.75, 3.05) is 0 Å². The molecule has 2 aromatic heterocycles. The molecule has 150 valence electrons. The van der Waals surface area contributed by atoms with Gasteiger partial charge in [0, 0.05) is 38.7 Å². The summed E-state index contributed by atoms with van der Waals surface area (Å²) in [6, 6.07) is 22.5. The SMILES string of the molecule is NC(=O)c1ccc(-c2nnc(-c3cnn(-c4cccc(Cl)c4)c3)c3ccccc23)cc1. The van der Waals surface area contributed by atoms with Crippen LogP contribution in [-0.4, -0.2) is 25.9 Å². The first-order valence-electron chi connectivity index (χ1n) is 9.57.